The largest absolute Gasteiger partial charge is 0.484 e. The van der Waals surface area contributed by atoms with Crippen molar-refractivity contribution in [2.24, 2.45) is 0 Å². The molecule has 3 aromatic carbocycles. The van der Waals surface area contributed by atoms with Gasteiger partial charge in [-0.15, -0.1) is 0 Å². The van der Waals surface area contributed by atoms with Gasteiger partial charge >= 0.3 is 0 Å². The van der Waals surface area contributed by atoms with Crippen molar-refractivity contribution >= 4 is 80.8 Å². The lowest BCUT2D eigenvalue weighted by molar-refractivity contribution is -0.118. The quantitative estimate of drug-likeness (QED) is 0.267. The third-order valence-corrected chi connectivity index (χ3v) is 7.19. The van der Waals surface area contributed by atoms with Gasteiger partial charge in [-0.3, -0.25) is 14.5 Å². The maximum Gasteiger partial charge on any atom is 0.270 e. The second kappa shape index (κ2) is 10.8. The van der Waals surface area contributed by atoms with Crippen LogP contribution in [0.2, 0.25) is 10.0 Å². The van der Waals surface area contributed by atoms with E-state index in [0.717, 1.165) is 22.4 Å². The van der Waals surface area contributed by atoms with Crippen LogP contribution in [0.1, 0.15) is 16.7 Å². The smallest absolute Gasteiger partial charge is 0.270 e. The number of thiocarbonyl (C=S) groups is 1. The van der Waals surface area contributed by atoms with Gasteiger partial charge in [0.15, 0.2) is 10.9 Å². The highest BCUT2D eigenvalue weighted by molar-refractivity contribution is 8.27. The fourth-order valence-corrected chi connectivity index (χ4v) is 4.96. The maximum absolute atomic E-state index is 13.0. The molecule has 1 aliphatic heterocycles. The number of benzene rings is 3. The summed E-state index contributed by atoms with van der Waals surface area (Å²) in [6, 6.07) is 17.9. The molecule has 2 amide bonds. The SMILES string of the molecule is Cc1ccc(C)c(NC(=O)COc2cccc(/C=C3\SC(=S)N(c4ccc(Cl)c(Cl)c4)C3=O)c2)c1. The molecule has 9 heteroatoms. The molecule has 0 unspecified atom stereocenters. The van der Waals surface area contributed by atoms with Crippen LogP contribution in [0.4, 0.5) is 11.4 Å². The Bertz CT molecular complexity index is 1370. The van der Waals surface area contributed by atoms with Crippen molar-refractivity contribution in [2.45, 2.75) is 13.8 Å². The molecular formula is C26H20Cl2N2O3S2. The minimum atomic E-state index is -0.258. The van der Waals surface area contributed by atoms with E-state index in [2.05, 4.69) is 5.32 Å². The van der Waals surface area contributed by atoms with Crippen LogP contribution < -0.4 is 15.0 Å². The zero-order valence-corrected chi connectivity index (χ0v) is 21.9. The van der Waals surface area contributed by atoms with Crippen LogP contribution in [0.25, 0.3) is 6.08 Å². The molecule has 0 bridgehead atoms. The predicted molar refractivity (Wildman–Crippen MR) is 149 cm³/mol. The Morgan fingerprint density at radius 2 is 1.89 bits per heavy atom. The minimum Gasteiger partial charge on any atom is -0.484 e. The van der Waals surface area contributed by atoms with E-state index in [4.69, 9.17) is 40.2 Å². The second-order valence-electron chi connectivity index (χ2n) is 7.84. The Hall–Kier alpha value is -2.84. The zero-order chi connectivity index (χ0) is 25.1. The molecule has 3 aromatic rings. The lowest BCUT2D eigenvalue weighted by atomic mass is 10.1. The van der Waals surface area contributed by atoms with Crippen molar-refractivity contribution in [3.63, 3.8) is 0 Å². The Kier molecular flexibility index (Phi) is 7.82. The molecule has 178 valence electrons. The number of carbonyl (C=O) groups is 2. The Morgan fingerprint density at radius 1 is 1.09 bits per heavy atom. The van der Waals surface area contributed by atoms with Crippen LogP contribution in [-0.2, 0) is 9.59 Å². The molecule has 0 radical (unpaired) electrons. The molecule has 0 aromatic heterocycles. The zero-order valence-electron chi connectivity index (χ0n) is 18.8. The fraction of sp³-hybridized carbons (Fsp3) is 0.115. The summed E-state index contributed by atoms with van der Waals surface area (Å²) in [5, 5.41) is 3.61. The van der Waals surface area contributed by atoms with Crippen LogP contribution >= 0.6 is 47.2 Å². The number of hydrogen-bond acceptors (Lipinski definition) is 5. The van der Waals surface area contributed by atoms with Crippen molar-refractivity contribution in [1.29, 1.82) is 0 Å². The Morgan fingerprint density at radius 3 is 2.66 bits per heavy atom. The summed E-state index contributed by atoms with van der Waals surface area (Å²) in [7, 11) is 0. The topological polar surface area (TPSA) is 58.6 Å². The first-order valence-corrected chi connectivity index (χ1v) is 12.5. The van der Waals surface area contributed by atoms with Crippen molar-refractivity contribution < 1.29 is 14.3 Å². The molecule has 0 saturated carbocycles. The molecule has 0 atom stereocenters. The minimum absolute atomic E-state index is 0.143. The fourth-order valence-electron chi connectivity index (χ4n) is 3.37. The highest BCUT2D eigenvalue weighted by Crippen LogP contribution is 2.38. The van der Waals surface area contributed by atoms with Crippen LogP contribution in [-0.4, -0.2) is 22.7 Å². The summed E-state index contributed by atoms with van der Waals surface area (Å²) >= 11 is 18.7. The van der Waals surface area contributed by atoms with Crippen LogP contribution in [0.15, 0.2) is 65.6 Å². The number of thioether (sulfide) groups is 1. The first-order chi connectivity index (χ1) is 16.7. The predicted octanol–water partition coefficient (Wildman–Crippen LogP) is 7.03. The van der Waals surface area contributed by atoms with Gasteiger partial charge in [0.25, 0.3) is 11.8 Å². The number of carbonyl (C=O) groups excluding carboxylic acids is 2. The summed E-state index contributed by atoms with van der Waals surface area (Å²) in [4.78, 5) is 27.3. The third-order valence-electron chi connectivity index (χ3n) is 5.15. The number of rotatable bonds is 6. The second-order valence-corrected chi connectivity index (χ2v) is 10.3. The number of hydrogen-bond donors (Lipinski definition) is 1. The van der Waals surface area contributed by atoms with Crippen LogP contribution in [0, 0.1) is 13.8 Å². The number of halogens is 2. The molecule has 35 heavy (non-hydrogen) atoms. The molecule has 0 aliphatic carbocycles. The van der Waals surface area contributed by atoms with E-state index in [-0.39, 0.29) is 18.4 Å². The van der Waals surface area contributed by atoms with E-state index in [9.17, 15) is 9.59 Å². The number of amides is 2. The lowest BCUT2D eigenvalue weighted by Gasteiger charge is -2.15. The number of nitrogens with zero attached hydrogens (tertiary/aromatic N) is 1. The molecule has 1 aliphatic rings. The first-order valence-electron chi connectivity index (χ1n) is 10.5. The van der Waals surface area contributed by atoms with E-state index < -0.39 is 0 Å². The van der Waals surface area contributed by atoms with Crippen LogP contribution in [0.5, 0.6) is 5.75 Å². The van der Waals surface area contributed by atoms with E-state index in [1.807, 2.05) is 38.1 Å². The lowest BCUT2D eigenvalue weighted by Crippen LogP contribution is -2.27. The van der Waals surface area contributed by atoms with Crippen molar-refractivity contribution in [2.75, 3.05) is 16.8 Å². The number of ether oxygens (including phenoxy) is 1. The van der Waals surface area contributed by atoms with Crippen molar-refractivity contribution in [3.05, 3.63) is 92.3 Å². The Labute approximate surface area is 223 Å². The van der Waals surface area contributed by atoms with Gasteiger partial charge in [0.1, 0.15) is 5.75 Å². The van der Waals surface area contributed by atoms with E-state index in [1.54, 1.807) is 42.5 Å². The highest BCUT2D eigenvalue weighted by Gasteiger charge is 2.33. The molecule has 4 rings (SSSR count). The molecule has 1 fully saturated rings. The molecule has 0 spiro atoms. The maximum atomic E-state index is 13.0. The summed E-state index contributed by atoms with van der Waals surface area (Å²) < 4.78 is 6.08. The highest BCUT2D eigenvalue weighted by atomic mass is 35.5. The average molecular weight is 543 g/mol. The summed E-state index contributed by atoms with van der Waals surface area (Å²) in [6.45, 7) is 3.76. The molecular weight excluding hydrogens is 523 g/mol. The van der Waals surface area contributed by atoms with Gasteiger partial charge in [0.2, 0.25) is 0 Å². The molecule has 1 saturated heterocycles. The van der Waals surface area contributed by atoms with Gasteiger partial charge in [0, 0.05) is 5.69 Å². The Balaban J connectivity index is 1.44. The summed E-state index contributed by atoms with van der Waals surface area (Å²) in [5.41, 5.74) is 4.09. The van der Waals surface area contributed by atoms with Gasteiger partial charge in [-0.1, -0.05) is 71.4 Å². The molecule has 5 nitrogen and oxygen atoms in total. The number of nitrogens with one attached hydrogen (secondary N) is 1. The van der Waals surface area contributed by atoms with Crippen molar-refractivity contribution in [1.82, 2.24) is 0 Å². The third kappa shape index (κ3) is 6.05. The van der Waals surface area contributed by atoms with Gasteiger partial charge in [-0.05, 0) is 73.0 Å². The van der Waals surface area contributed by atoms with E-state index >= 15 is 0 Å². The van der Waals surface area contributed by atoms with Gasteiger partial charge in [0.05, 0.1) is 20.6 Å². The molecule has 1 heterocycles. The standard InChI is InChI=1S/C26H20Cl2N2O3S2/c1-15-6-7-16(2)22(10-15)29-24(31)14-33-19-5-3-4-17(11-19)12-23-25(32)30(26(34)35-23)18-8-9-20(27)21(28)13-18/h3-13H,14H2,1-2H3,(H,29,31)/b23-12-. The summed E-state index contributed by atoms with van der Waals surface area (Å²) in [5.74, 6) is -0.000890. The van der Waals surface area contributed by atoms with E-state index in [0.29, 0.717) is 30.7 Å². The van der Waals surface area contributed by atoms with Crippen molar-refractivity contribution in [3.8, 4) is 5.75 Å². The average Bonchev–Trinajstić information content (AvgIpc) is 3.09. The van der Waals surface area contributed by atoms with Gasteiger partial charge in [-0.2, -0.15) is 0 Å². The number of aryl methyl sites for hydroxylation is 2. The number of anilines is 2. The van der Waals surface area contributed by atoms with Crippen LogP contribution in [0.3, 0.4) is 0 Å². The monoisotopic (exact) mass is 542 g/mol. The van der Waals surface area contributed by atoms with Gasteiger partial charge < -0.3 is 10.1 Å². The molecule has 1 N–H and O–H groups in total. The van der Waals surface area contributed by atoms with Gasteiger partial charge in [-0.25, -0.2) is 0 Å². The first kappa shape index (κ1) is 25.3. The van der Waals surface area contributed by atoms with E-state index in [1.165, 1.54) is 16.7 Å². The summed E-state index contributed by atoms with van der Waals surface area (Å²) in [6.07, 6.45) is 1.74. The normalized spacial score (nSPS) is 14.5.